The molecule has 0 aliphatic rings. The zero-order valence-electron chi connectivity index (χ0n) is 9.97. The molecule has 2 rings (SSSR count). The number of thiazole rings is 1. The third-order valence-electron chi connectivity index (χ3n) is 2.28. The van der Waals surface area contributed by atoms with E-state index >= 15 is 0 Å². The Morgan fingerprint density at radius 3 is 2.61 bits per heavy atom. The summed E-state index contributed by atoms with van der Waals surface area (Å²) < 4.78 is 27.0. The number of nitrogens with two attached hydrogens (primary N) is 1. The molecule has 18 heavy (non-hydrogen) atoms. The van der Waals surface area contributed by atoms with Gasteiger partial charge in [0.15, 0.2) is 9.34 Å². The Hall–Kier alpha value is -1.60. The number of hydrogen-bond donors (Lipinski definition) is 2. The number of nitrogens with zero attached hydrogens (tertiary/aromatic N) is 1. The quantitative estimate of drug-likeness (QED) is 0.903. The van der Waals surface area contributed by atoms with Gasteiger partial charge in [-0.15, -0.1) is 0 Å². The van der Waals surface area contributed by atoms with Crippen molar-refractivity contribution in [2.45, 2.75) is 18.1 Å². The number of benzene rings is 1. The molecule has 0 saturated heterocycles. The standard InChI is InChI=1S/C11H13N3O2S2/c1-7-4-3-5-9(6-7)14-18(15,16)10-8(2)13-11(12)17-10/h3-6,14H,1-2H3,(H2,12,13). The lowest BCUT2D eigenvalue weighted by Crippen LogP contribution is -2.12. The van der Waals surface area contributed by atoms with Crippen molar-refractivity contribution in [1.82, 2.24) is 4.98 Å². The number of hydrogen-bond acceptors (Lipinski definition) is 5. The molecule has 0 saturated carbocycles. The van der Waals surface area contributed by atoms with Gasteiger partial charge in [0.1, 0.15) is 0 Å². The highest BCUT2D eigenvalue weighted by Gasteiger charge is 2.21. The van der Waals surface area contributed by atoms with Crippen LogP contribution in [-0.4, -0.2) is 13.4 Å². The molecular formula is C11H13N3O2S2. The van der Waals surface area contributed by atoms with E-state index in [1.165, 1.54) is 0 Å². The van der Waals surface area contributed by atoms with E-state index in [-0.39, 0.29) is 9.34 Å². The molecule has 7 heteroatoms. The summed E-state index contributed by atoms with van der Waals surface area (Å²) >= 11 is 0.961. The number of aryl methyl sites for hydroxylation is 2. The Balaban J connectivity index is 2.36. The van der Waals surface area contributed by atoms with Crippen LogP contribution in [0.15, 0.2) is 28.5 Å². The predicted molar refractivity (Wildman–Crippen MR) is 73.3 cm³/mol. The second-order valence-corrected chi connectivity index (χ2v) is 6.81. The third-order valence-corrected chi connectivity index (χ3v) is 5.26. The Bertz CT molecular complexity index is 677. The van der Waals surface area contributed by atoms with Gasteiger partial charge in [-0.2, -0.15) is 0 Å². The summed E-state index contributed by atoms with van der Waals surface area (Å²) in [4.78, 5) is 3.91. The van der Waals surface area contributed by atoms with E-state index in [9.17, 15) is 8.42 Å². The minimum absolute atomic E-state index is 0.154. The first-order valence-corrected chi connectivity index (χ1v) is 7.51. The molecule has 0 atom stereocenters. The topological polar surface area (TPSA) is 85.1 Å². The maximum atomic E-state index is 12.2. The van der Waals surface area contributed by atoms with Crippen molar-refractivity contribution in [3.8, 4) is 0 Å². The van der Waals surface area contributed by atoms with Crippen molar-refractivity contribution in [1.29, 1.82) is 0 Å². The fourth-order valence-electron chi connectivity index (χ4n) is 1.56. The number of anilines is 2. The van der Waals surface area contributed by atoms with E-state index < -0.39 is 10.0 Å². The molecule has 96 valence electrons. The maximum Gasteiger partial charge on any atom is 0.273 e. The zero-order valence-corrected chi connectivity index (χ0v) is 11.6. The van der Waals surface area contributed by atoms with Crippen molar-refractivity contribution in [2.24, 2.45) is 0 Å². The smallest absolute Gasteiger partial charge is 0.273 e. The average molecular weight is 283 g/mol. The van der Waals surface area contributed by atoms with Crippen LogP contribution < -0.4 is 10.5 Å². The molecule has 1 heterocycles. The minimum Gasteiger partial charge on any atom is -0.375 e. The van der Waals surface area contributed by atoms with E-state index in [4.69, 9.17) is 5.73 Å². The molecule has 0 unspecified atom stereocenters. The first kappa shape index (κ1) is 12.8. The molecule has 1 aromatic carbocycles. The summed E-state index contributed by atoms with van der Waals surface area (Å²) in [6.45, 7) is 3.52. The SMILES string of the molecule is Cc1cccc(NS(=O)(=O)c2sc(N)nc2C)c1. The fourth-order valence-corrected chi connectivity index (χ4v) is 3.91. The fraction of sp³-hybridized carbons (Fsp3) is 0.182. The van der Waals surface area contributed by atoms with E-state index in [0.717, 1.165) is 16.9 Å². The minimum atomic E-state index is -3.61. The van der Waals surface area contributed by atoms with E-state index in [0.29, 0.717) is 11.4 Å². The Kier molecular flexibility index (Phi) is 3.27. The van der Waals surface area contributed by atoms with Gasteiger partial charge in [-0.25, -0.2) is 13.4 Å². The van der Waals surface area contributed by atoms with Gasteiger partial charge in [-0.3, -0.25) is 4.72 Å². The van der Waals surface area contributed by atoms with Crippen molar-refractivity contribution >= 4 is 32.2 Å². The molecule has 0 fully saturated rings. The van der Waals surface area contributed by atoms with Gasteiger partial charge in [0.25, 0.3) is 10.0 Å². The summed E-state index contributed by atoms with van der Waals surface area (Å²) in [5.41, 5.74) is 7.43. The first-order chi connectivity index (χ1) is 8.38. The lowest BCUT2D eigenvalue weighted by molar-refractivity contribution is 0.602. The molecule has 0 aliphatic carbocycles. The Morgan fingerprint density at radius 1 is 1.33 bits per heavy atom. The summed E-state index contributed by atoms with van der Waals surface area (Å²) in [5, 5.41) is 0.247. The molecule has 0 spiro atoms. The number of rotatable bonds is 3. The van der Waals surface area contributed by atoms with Crippen molar-refractivity contribution in [3.63, 3.8) is 0 Å². The molecule has 1 aromatic heterocycles. The number of nitrogens with one attached hydrogen (secondary N) is 1. The monoisotopic (exact) mass is 283 g/mol. The Morgan fingerprint density at radius 2 is 2.06 bits per heavy atom. The van der Waals surface area contributed by atoms with Crippen LogP contribution in [-0.2, 0) is 10.0 Å². The number of sulfonamides is 1. The van der Waals surface area contributed by atoms with Crippen molar-refractivity contribution < 1.29 is 8.42 Å². The van der Waals surface area contributed by atoms with Crippen LogP contribution in [0.4, 0.5) is 10.8 Å². The van der Waals surface area contributed by atoms with Crippen LogP contribution in [0.5, 0.6) is 0 Å². The maximum absolute atomic E-state index is 12.2. The normalized spacial score (nSPS) is 11.4. The zero-order chi connectivity index (χ0) is 13.3. The van der Waals surface area contributed by atoms with E-state index in [1.54, 1.807) is 25.1 Å². The van der Waals surface area contributed by atoms with Crippen LogP contribution in [0.3, 0.4) is 0 Å². The van der Waals surface area contributed by atoms with Crippen LogP contribution >= 0.6 is 11.3 Å². The van der Waals surface area contributed by atoms with Gasteiger partial charge in [0.05, 0.1) is 5.69 Å². The van der Waals surface area contributed by atoms with Gasteiger partial charge in [0, 0.05) is 5.69 Å². The molecule has 0 aliphatic heterocycles. The molecule has 0 bridgehead atoms. The second-order valence-electron chi connectivity index (χ2n) is 3.90. The highest BCUT2D eigenvalue weighted by molar-refractivity contribution is 7.94. The number of nitrogen functional groups attached to an aromatic ring is 1. The summed E-state index contributed by atoms with van der Waals surface area (Å²) in [7, 11) is -3.61. The second kappa shape index (κ2) is 4.58. The number of aromatic nitrogens is 1. The van der Waals surface area contributed by atoms with Gasteiger partial charge >= 0.3 is 0 Å². The Labute approximate surface area is 110 Å². The highest BCUT2D eigenvalue weighted by atomic mass is 32.2. The molecular weight excluding hydrogens is 270 g/mol. The molecule has 5 nitrogen and oxygen atoms in total. The van der Waals surface area contributed by atoms with Crippen LogP contribution in [0.2, 0.25) is 0 Å². The largest absolute Gasteiger partial charge is 0.375 e. The van der Waals surface area contributed by atoms with Gasteiger partial charge < -0.3 is 5.73 Å². The highest BCUT2D eigenvalue weighted by Crippen LogP contribution is 2.27. The first-order valence-electron chi connectivity index (χ1n) is 5.21. The van der Waals surface area contributed by atoms with Crippen LogP contribution in [0.25, 0.3) is 0 Å². The van der Waals surface area contributed by atoms with Crippen LogP contribution in [0.1, 0.15) is 11.3 Å². The van der Waals surface area contributed by atoms with Gasteiger partial charge in [-0.05, 0) is 31.5 Å². The van der Waals surface area contributed by atoms with Gasteiger partial charge in [-0.1, -0.05) is 23.5 Å². The molecule has 0 radical (unpaired) electrons. The summed E-state index contributed by atoms with van der Waals surface area (Å²) in [5.74, 6) is 0. The van der Waals surface area contributed by atoms with Crippen molar-refractivity contribution in [3.05, 3.63) is 35.5 Å². The summed E-state index contributed by atoms with van der Waals surface area (Å²) in [6, 6.07) is 7.15. The van der Waals surface area contributed by atoms with Crippen molar-refractivity contribution in [2.75, 3.05) is 10.5 Å². The molecule has 0 amide bonds. The summed E-state index contributed by atoms with van der Waals surface area (Å²) in [6.07, 6.45) is 0. The third kappa shape index (κ3) is 2.62. The molecule has 3 N–H and O–H groups in total. The van der Waals surface area contributed by atoms with E-state index in [2.05, 4.69) is 9.71 Å². The van der Waals surface area contributed by atoms with E-state index in [1.807, 2.05) is 13.0 Å². The molecule has 2 aromatic rings. The predicted octanol–water partition coefficient (Wildman–Crippen LogP) is 2.14. The lowest BCUT2D eigenvalue weighted by atomic mass is 10.2. The van der Waals surface area contributed by atoms with Gasteiger partial charge in [0.2, 0.25) is 0 Å². The van der Waals surface area contributed by atoms with Crippen LogP contribution in [0, 0.1) is 13.8 Å². The average Bonchev–Trinajstić information content (AvgIpc) is 2.58. The lowest BCUT2D eigenvalue weighted by Gasteiger charge is -2.07.